The van der Waals surface area contributed by atoms with Crippen molar-refractivity contribution in [2.45, 2.75) is 19.3 Å². The molecule has 0 spiro atoms. The van der Waals surface area contributed by atoms with Crippen LogP contribution in [0.15, 0.2) is 45.3 Å². The van der Waals surface area contributed by atoms with Crippen molar-refractivity contribution >= 4 is 31.9 Å². The molecule has 4 nitrogen and oxygen atoms in total. The van der Waals surface area contributed by atoms with Crippen LogP contribution in [0.3, 0.4) is 0 Å². The second kappa shape index (κ2) is 10.2. The topological polar surface area (TPSA) is 58.9 Å². The van der Waals surface area contributed by atoms with Crippen molar-refractivity contribution in [2.24, 2.45) is 0 Å². The van der Waals surface area contributed by atoms with E-state index in [-0.39, 0.29) is 32.3 Å². The van der Waals surface area contributed by atoms with Crippen molar-refractivity contribution in [3.8, 4) is 11.5 Å². The lowest BCUT2D eigenvalue weighted by molar-refractivity contribution is 0.200. The Labute approximate surface area is 165 Å². The summed E-state index contributed by atoms with van der Waals surface area (Å²) < 4.78 is 12.7. The Bertz CT molecular complexity index is 634. The normalized spacial score (nSPS) is 11.0. The van der Waals surface area contributed by atoms with E-state index in [4.69, 9.17) is 19.7 Å². The van der Waals surface area contributed by atoms with Gasteiger partial charge < -0.3 is 19.7 Å². The fourth-order valence-corrected chi connectivity index (χ4v) is 3.70. The fraction of sp³-hybridized carbons (Fsp3) is 0.368. The summed E-state index contributed by atoms with van der Waals surface area (Å²) in [6.07, 6.45) is 0.951. The van der Waals surface area contributed by atoms with Crippen LogP contribution >= 0.6 is 31.9 Å². The van der Waals surface area contributed by atoms with E-state index >= 15 is 0 Å². The number of benzene rings is 2. The van der Waals surface area contributed by atoms with Crippen molar-refractivity contribution in [2.75, 3.05) is 26.4 Å². The molecular formula is C19H22Br2O4. The van der Waals surface area contributed by atoms with Gasteiger partial charge in [-0.1, -0.05) is 19.1 Å². The Kier molecular flexibility index (Phi) is 8.22. The molecule has 0 saturated heterocycles. The lowest BCUT2D eigenvalue weighted by Gasteiger charge is -2.19. The second-order valence-corrected chi connectivity index (χ2v) is 7.19. The molecule has 2 aromatic carbocycles. The number of hydrogen-bond acceptors (Lipinski definition) is 4. The Balaban J connectivity index is 2.24. The summed E-state index contributed by atoms with van der Waals surface area (Å²) in [6.45, 7) is 2.68. The van der Waals surface area contributed by atoms with E-state index in [2.05, 4.69) is 63.0 Å². The molecule has 0 aliphatic rings. The molecule has 0 saturated carbocycles. The Morgan fingerprint density at radius 1 is 0.840 bits per heavy atom. The van der Waals surface area contributed by atoms with Gasteiger partial charge in [0.1, 0.15) is 24.7 Å². The zero-order valence-electron chi connectivity index (χ0n) is 14.0. The highest BCUT2D eigenvalue weighted by Crippen LogP contribution is 2.36. The smallest absolute Gasteiger partial charge is 0.133 e. The van der Waals surface area contributed by atoms with E-state index in [0.29, 0.717) is 0 Å². The maximum Gasteiger partial charge on any atom is 0.133 e. The summed E-state index contributed by atoms with van der Waals surface area (Å²) >= 11 is 7.08. The summed E-state index contributed by atoms with van der Waals surface area (Å²) in [5, 5.41) is 17.8. The van der Waals surface area contributed by atoms with E-state index in [0.717, 1.165) is 26.9 Å². The Morgan fingerprint density at radius 3 is 1.60 bits per heavy atom. The number of rotatable bonds is 9. The first-order valence-electron chi connectivity index (χ1n) is 8.16. The van der Waals surface area contributed by atoms with Crippen molar-refractivity contribution in [1.82, 2.24) is 0 Å². The molecule has 136 valence electrons. The summed E-state index contributed by atoms with van der Waals surface area (Å²) in [5.41, 5.74) is 2.36. The lowest BCUT2D eigenvalue weighted by atomic mass is 9.89. The average molecular weight is 474 g/mol. The fourth-order valence-electron chi connectivity index (χ4n) is 2.68. The van der Waals surface area contributed by atoms with Gasteiger partial charge in [0.2, 0.25) is 0 Å². The molecule has 0 radical (unpaired) electrons. The molecule has 6 heteroatoms. The van der Waals surface area contributed by atoms with Crippen LogP contribution in [-0.2, 0) is 0 Å². The van der Waals surface area contributed by atoms with Gasteiger partial charge in [-0.15, -0.1) is 0 Å². The van der Waals surface area contributed by atoms with Gasteiger partial charge in [0.25, 0.3) is 0 Å². The van der Waals surface area contributed by atoms with Crippen LogP contribution < -0.4 is 9.47 Å². The minimum absolute atomic E-state index is 0.00942. The number of ether oxygens (including phenoxy) is 2. The van der Waals surface area contributed by atoms with Crippen LogP contribution in [0.5, 0.6) is 11.5 Å². The minimum atomic E-state index is -0.00942. The van der Waals surface area contributed by atoms with E-state index < -0.39 is 0 Å². The minimum Gasteiger partial charge on any atom is -0.490 e. The first kappa shape index (κ1) is 20.2. The molecule has 0 heterocycles. The predicted octanol–water partition coefficient (Wildman–Crippen LogP) is 4.50. The summed E-state index contributed by atoms with van der Waals surface area (Å²) in [4.78, 5) is 0. The molecule has 2 rings (SSSR count). The van der Waals surface area contributed by atoms with Gasteiger partial charge in [-0.2, -0.15) is 0 Å². The molecular weight excluding hydrogens is 452 g/mol. The van der Waals surface area contributed by atoms with Crippen LogP contribution in [0.4, 0.5) is 0 Å². The molecule has 2 N–H and O–H groups in total. The molecule has 0 bridgehead atoms. The van der Waals surface area contributed by atoms with Gasteiger partial charge in [-0.05, 0) is 73.7 Å². The van der Waals surface area contributed by atoms with Crippen LogP contribution in [0.2, 0.25) is 0 Å². The van der Waals surface area contributed by atoms with Gasteiger partial charge in [-0.3, -0.25) is 0 Å². The molecule has 0 fully saturated rings. The summed E-state index contributed by atoms with van der Waals surface area (Å²) in [5.74, 6) is 1.69. The van der Waals surface area contributed by atoms with Crippen molar-refractivity contribution < 1.29 is 19.7 Å². The highest BCUT2D eigenvalue weighted by atomic mass is 79.9. The molecule has 25 heavy (non-hydrogen) atoms. The zero-order chi connectivity index (χ0) is 18.2. The molecule has 0 aromatic heterocycles. The van der Waals surface area contributed by atoms with E-state index in [1.165, 1.54) is 11.1 Å². The van der Waals surface area contributed by atoms with Crippen molar-refractivity contribution in [3.05, 3.63) is 56.5 Å². The number of aliphatic hydroxyl groups is 2. The summed E-state index contributed by atoms with van der Waals surface area (Å²) in [6, 6.07) is 12.1. The van der Waals surface area contributed by atoms with Crippen LogP contribution in [0.25, 0.3) is 0 Å². The van der Waals surface area contributed by atoms with Gasteiger partial charge in [0, 0.05) is 5.92 Å². The van der Waals surface area contributed by atoms with Gasteiger partial charge >= 0.3 is 0 Å². The van der Waals surface area contributed by atoms with E-state index in [1.807, 2.05) is 12.1 Å². The Hall–Kier alpha value is -1.08. The van der Waals surface area contributed by atoms with E-state index in [9.17, 15) is 0 Å². The molecule has 2 aromatic rings. The monoisotopic (exact) mass is 472 g/mol. The maximum absolute atomic E-state index is 8.88. The lowest BCUT2D eigenvalue weighted by Crippen LogP contribution is -2.05. The molecule has 0 aliphatic heterocycles. The SMILES string of the molecule is CCC(c1ccc(OCCO)c(Br)c1)c1ccc(OCCO)c(Br)c1. The van der Waals surface area contributed by atoms with Gasteiger partial charge in [0.05, 0.1) is 22.2 Å². The predicted molar refractivity (Wildman–Crippen MR) is 106 cm³/mol. The van der Waals surface area contributed by atoms with Crippen molar-refractivity contribution in [3.63, 3.8) is 0 Å². The van der Waals surface area contributed by atoms with Crippen molar-refractivity contribution in [1.29, 1.82) is 0 Å². The first-order chi connectivity index (χ1) is 12.1. The average Bonchev–Trinajstić information content (AvgIpc) is 2.61. The standard InChI is InChI=1S/C19H22Br2O4/c1-2-15(13-3-5-18(16(20)11-13)24-9-7-22)14-4-6-19(17(21)12-14)25-10-8-23/h3-6,11-12,15,22-23H,2,7-10H2,1H3. The first-order valence-corrected chi connectivity index (χ1v) is 9.75. The van der Waals surface area contributed by atoms with E-state index in [1.54, 1.807) is 0 Å². The zero-order valence-corrected chi connectivity index (χ0v) is 17.2. The molecule has 0 amide bonds. The molecule has 0 unspecified atom stereocenters. The van der Waals surface area contributed by atoms with Crippen LogP contribution in [-0.4, -0.2) is 36.6 Å². The Morgan fingerprint density at radius 2 is 1.28 bits per heavy atom. The largest absolute Gasteiger partial charge is 0.490 e. The highest BCUT2D eigenvalue weighted by molar-refractivity contribution is 9.10. The summed E-state index contributed by atoms with van der Waals surface area (Å²) in [7, 11) is 0. The second-order valence-electron chi connectivity index (χ2n) is 5.48. The highest BCUT2D eigenvalue weighted by Gasteiger charge is 2.16. The third-order valence-electron chi connectivity index (χ3n) is 3.82. The molecule has 0 atom stereocenters. The number of aliphatic hydroxyl groups excluding tert-OH is 2. The molecule has 0 aliphatic carbocycles. The van der Waals surface area contributed by atoms with Gasteiger partial charge in [0.15, 0.2) is 0 Å². The quantitative estimate of drug-likeness (QED) is 0.563. The number of hydrogen-bond donors (Lipinski definition) is 2. The van der Waals surface area contributed by atoms with Crippen LogP contribution in [0, 0.1) is 0 Å². The maximum atomic E-state index is 8.88. The third kappa shape index (κ3) is 5.45. The third-order valence-corrected chi connectivity index (χ3v) is 5.06. The van der Waals surface area contributed by atoms with Gasteiger partial charge in [-0.25, -0.2) is 0 Å². The van der Waals surface area contributed by atoms with Crippen LogP contribution in [0.1, 0.15) is 30.4 Å². The number of halogens is 2.